The average Bonchev–Trinajstić information content (AvgIpc) is 3.06. The number of hydrogen-bond donors (Lipinski definition) is 2. The number of rotatable bonds is 8. The molecule has 0 saturated carbocycles. The Morgan fingerprint density at radius 3 is 2.50 bits per heavy atom. The fraction of sp³-hybridized carbons (Fsp3) is 0.286. The second-order valence-electron chi connectivity index (χ2n) is 5.97. The minimum Gasteiger partial charge on any atom is -0.493 e. The topological polar surface area (TPSA) is 103 Å². The molecule has 0 atom stereocenters. The van der Waals surface area contributed by atoms with Gasteiger partial charge < -0.3 is 24.8 Å². The maximum Gasteiger partial charge on any atom is 0.341 e. The summed E-state index contributed by atoms with van der Waals surface area (Å²) in [5.74, 6) is -0.399. The van der Waals surface area contributed by atoms with Crippen molar-refractivity contribution in [3.63, 3.8) is 0 Å². The number of anilines is 1. The van der Waals surface area contributed by atoms with E-state index < -0.39 is 11.9 Å². The van der Waals surface area contributed by atoms with Gasteiger partial charge in [-0.15, -0.1) is 11.3 Å². The second kappa shape index (κ2) is 10.4. The monoisotopic (exact) mass is 432 g/mol. The molecule has 0 unspecified atom stereocenters. The highest BCUT2D eigenvalue weighted by molar-refractivity contribution is 7.18. The predicted molar refractivity (Wildman–Crippen MR) is 116 cm³/mol. The van der Waals surface area contributed by atoms with Crippen LogP contribution in [0.5, 0.6) is 11.5 Å². The number of esters is 1. The molecule has 1 aromatic heterocycles. The van der Waals surface area contributed by atoms with Crippen LogP contribution in [0, 0.1) is 6.92 Å². The molecule has 0 saturated heterocycles. The largest absolute Gasteiger partial charge is 0.493 e. The van der Waals surface area contributed by atoms with Crippen LogP contribution in [0.1, 0.15) is 38.1 Å². The Hall–Kier alpha value is -3.33. The first-order valence-corrected chi connectivity index (χ1v) is 9.92. The minimum absolute atomic E-state index is 0.168. The molecule has 2 amide bonds. The van der Waals surface area contributed by atoms with Crippen molar-refractivity contribution < 1.29 is 28.6 Å². The van der Waals surface area contributed by atoms with Crippen molar-refractivity contribution >= 4 is 40.2 Å². The van der Waals surface area contributed by atoms with E-state index in [2.05, 4.69) is 10.6 Å². The van der Waals surface area contributed by atoms with Gasteiger partial charge in [0, 0.05) is 18.7 Å². The van der Waals surface area contributed by atoms with Crippen molar-refractivity contribution in [1.29, 1.82) is 0 Å². The highest BCUT2D eigenvalue weighted by Gasteiger charge is 2.25. The predicted octanol–water partition coefficient (Wildman–Crippen LogP) is 3.26. The zero-order chi connectivity index (χ0) is 22.3. The number of amides is 2. The van der Waals surface area contributed by atoms with E-state index in [1.54, 1.807) is 38.1 Å². The first-order valence-electron chi connectivity index (χ1n) is 9.10. The summed E-state index contributed by atoms with van der Waals surface area (Å²) < 4.78 is 15.7. The summed E-state index contributed by atoms with van der Waals surface area (Å²) in [5.41, 5.74) is 1.26. The fourth-order valence-electron chi connectivity index (χ4n) is 2.74. The molecule has 0 bridgehead atoms. The van der Waals surface area contributed by atoms with E-state index in [1.165, 1.54) is 27.3 Å². The number of benzene rings is 1. The molecule has 0 aliphatic rings. The van der Waals surface area contributed by atoms with Crippen LogP contribution in [0.4, 0.5) is 5.00 Å². The van der Waals surface area contributed by atoms with Gasteiger partial charge in [0.1, 0.15) is 5.00 Å². The van der Waals surface area contributed by atoms with Crippen LogP contribution in [0.25, 0.3) is 6.08 Å². The maximum atomic E-state index is 12.5. The molecule has 2 N–H and O–H groups in total. The lowest BCUT2D eigenvalue weighted by molar-refractivity contribution is -0.111. The third-order valence-electron chi connectivity index (χ3n) is 4.14. The van der Waals surface area contributed by atoms with Gasteiger partial charge in [-0.1, -0.05) is 12.1 Å². The van der Waals surface area contributed by atoms with Crippen LogP contribution < -0.4 is 20.1 Å². The normalized spacial score (nSPS) is 10.6. The smallest absolute Gasteiger partial charge is 0.341 e. The van der Waals surface area contributed by atoms with Crippen molar-refractivity contribution in [2.45, 2.75) is 13.8 Å². The minimum atomic E-state index is -0.602. The van der Waals surface area contributed by atoms with Gasteiger partial charge in [-0.3, -0.25) is 9.59 Å². The fourth-order valence-corrected chi connectivity index (χ4v) is 3.89. The molecule has 0 fully saturated rings. The van der Waals surface area contributed by atoms with Crippen LogP contribution in [-0.2, 0) is 9.53 Å². The van der Waals surface area contributed by atoms with E-state index >= 15 is 0 Å². The molecule has 0 radical (unpaired) electrons. The van der Waals surface area contributed by atoms with Crippen molar-refractivity contribution in [1.82, 2.24) is 5.32 Å². The second-order valence-corrected chi connectivity index (χ2v) is 6.99. The lowest BCUT2D eigenvalue weighted by Gasteiger charge is -2.09. The van der Waals surface area contributed by atoms with Gasteiger partial charge >= 0.3 is 5.97 Å². The van der Waals surface area contributed by atoms with Gasteiger partial charge in [-0.25, -0.2) is 4.79 Å². The van der Waals surface area contributed by atoms with Gasteiger partial charge in [0.25, 0.3) is 5.91 Å². The van der Waals surface area contributed by atoms with Gasteiger partial charge in [0.2, 0.25) is 5.91 Å². The Balaban J connectivity index is 2.33. The molecule has 0 aliphatic carbocycles. The number of methoxy groups -OCH3 is 2. The van der Waals surface area contributed by atoms with Crippen molar-refractivity contribution in [2.24, 2.45) is 0 Å². The Bertz CT molecular complexity index is 980. The van der Waals surface area contributed by atoms with E-state index in [0.717, 1.165) is 11.3 Å². The number of para-hydroxylation sites is 1. The number of hydrogen-bond acceptors (Lipinski definition) is 7. The van der Waals surface area contributed by atoms with Crippen molar-refractivity contribution in [3.8, 4) is 11.5 Å². The highest BCUT2D eigenvalue weighted by Crippen LogP contribution is 2.34. The summed E-state index contributed by atoms with van der Waals surface area (Å²) in [5, 5.41) is 5.44. The molecule has 2 aromatic rings. The summed E-state index contributed by atoms with van der Waals surface area (Å²) in [4.78, 5) is 37.3. The van der Waals surface area contributed by atoms with Crippen LogP contribution in [0.15, 0.2) is 24.3 Å². The summed E-state index contributed by atoms with van der Waals surface area (Å²) >= 11 is 1.01. The van der Waals surface area contributed by atoms with E-state index in [0.29, 0.717) is 27.5 Å². The Kier molecular flexibility index (Phi) is 7.99. The first-order chi connectivity index (χ1) is 14.4. The van der Waals surface area contributed by atoms with Crippen molar-refractivity contribution in [2.75, 3.05) is 33.2 Å². The standard InChI is InChI=1S/C21H24N2O6S/c1-6-29-21(26)16-12(2)18(19(25)22-3)30-20(16)23-15(24)11-10-13-8-7-9-14(27-4)17(13)28-5/h7-11H,6H2,1-5H3,(H,22,25)(H,23,24). The third-order valence-corrected chi connectivity index (χ3v) is 5.35. The van der Waals surface area contributed by atoms with Gasteiger partial charge in [0.15, 0.2) is 11.5 Å². The summed E-state index contributed by atoms with van der Waals surface area (Å²) in [6.07, 6.45) is 2.88. The molecule has 0 aliphatic heterocycles. The quantitative estimate of drug-likeness (QED) is 0.490. The Labute approximate surface area is 178 Å². The average molecular weight is 432 g/mol. The molecule has 1 heterocycles. The molecular formula is C21H24N2O6S. The van der Waals surface area contributed by atoms with Gasteiger partial charge in [-0.05, 0) is 31.6 Å². The zero-order valence-corrected chi connectivity index (χ0v) is 18.3. The molecule has 30 heavy (non-hydrogen) atoms. The van der Waals surface area contributed by atoms with Crippen molar-refractivity contribution in [3.05, 3.63) is 45.8 Å². The van der Waals surface area contributed by atoms with Gasteiger partial charge in [-0.2, -0.15) is 0 Å². The number of ether oxygens (including phenoxy) is 3. The van der Waals surface area contributed by atoms with E-state index in [4.69, 9.17) is 14.2 Å². The summed E-state index contributed by atoms with van der Waals surface area (Å²) in [6.45, 7) is 3.49. The molecule has 160 valence electrons. The maximum absolute atomic E-state index is 12.5. The van der Waals surface area contributed by atoms with Crippen LogP contribution in [0.2, 0.25) is 0 Å². The van der Waals surface area contributed by atoms with E-state index in [1.807, 2.05) is 0 Å². The lowest BCUT2D eigenvalue weighted by atomic mass is 10.1. The molecule has 2 rings (SSSR count). The highest BCUT2D eigenvalue weighted by atomic mass is 32.1. The summed E-state index contributed by atoms with van der Waals surface area (Å²) in [7, 11) is 4.53. The molecule has 8 nitrogen and oxygen atoms in total. The molecule has 1 aromatic carbocycles. The van der Waals surface area contributed by atoms with E-state index in [-0.39, 0.29) is 23.1 Å². The van der Waals surface area contributed by atoms with E-state index in [9.17, 15) is 14.4 Å². The van der Waals surface area contributed by atoms with Crippen LogP contribution in [0.3, 0.4) is 0 Å². The first kappa shape index (κ1) is 23.0. The van der Waals surface area contributed by atoms with Gasteiger partial charge in [0.05, 0.1) is 31.3 Å². The third kappa shape index (κ3) is 4.98. The molecular weight excluding hydrogens is 408 g/mol. The van der Waals surface area contributed by atoms with Crippen LogP contribution in [-0.4, -0.2) is 45.7 Å². The molecule has 0 spiro atoms. The molecule has 9 heteroatoms. The lowest BCUT2D eigenvalue weighted by Crippen LogP contribution is -2.17. The number of carbonyl (C=O) groups is 3. The number of nitrogens with one attached hydrogen (secondary N) is 2. The zero-order valence-electron chi connectivity index (χ0n) is 17.5. The Morgan fingerprint density at radius 2 is 1.90 bits per heavy atom. The SMILES string of the molecule is CCOC(=O)c1c(NC(=O)C=Cc2cccc(OC)c2OC)sc(C(=O)NC)c1C. The van der Waals surface area contributed by atoms with Crippen LogP contribution >= 0.6 is 11.3 Å². The Morgan fingerprint density at radius 1 is 1.17 bits per heavy atom. The number of carbonyl (C=O) groups excluding carboxylic acids is 3. The summed E-state index contributed by atoms with van der Waals surface area (Å²) in [6, 6.07) is 5.29. The number of thiophene rings is 1.